The van der Waals surface area contributed by atoms with Crippen LogP contribution in [-0.2, 0) is 11.2 Å². The zero-order valence-corrected chi connectivity index (χ0v) is 18.2. The topological polar surface area (TPSA) is 78.3 Å². The number of nitrogens with zero attached hydrogens (tertiary/aromatic N) is 3. The van der Waals surface area contributed by atoms with Gasteiger partial charge in [-0.1, -0.05) is 18.2 Å². The summed E-state index contributed by atoms with van der Waals surface area (Å²) in [4.78, 5) is 17.1. The van der Waals surface area contributed by atoms with E-state index in [4.69, 9.17) is 9.47 Å². The van der Waals surface area contributed by atoms with Gasteiger partial charge in [-0.05, 0) is 62.4 Å². The molecule has 4 rings (SSSR count). The molecule has 0 saturated carbocycles. The maximum absolute atomic E-state index is 12.9. The van der Waals surface area contributed by atoms with Gasteiger partial charge in [0.1, 0.15) is 17.2 Å². The Kier molecular flexibility index (Phi) is 6.17. The zero-order chi connectivity index (χ0) is 22.5. The first-order valence-corrected chi connectivity index (χ1v) is 10.2. The van der Waals surface area contributed by atoms with Gasteiger partial charge in [-0.25, -0.2) is 9.67 Å². The van der Waals surface area contributed by atoms with E-state index in [9.17, 15) is 4.79 Å². The molecule has 0 aliphatic carbocycles. The van der Waals surface area contributed by atoms with Crippen molar-refractivity contribution in [2.75, 3.05) is 12.4 Å². The Hall–Kier alpha value is -4.13. The van der Waals surface area contributed by atoms with Gasteiger partial charge in [-0.3, -0.25) is 4.79 Å². The van der Waals surface area contributed by atoms with Gasteiger partial charge in [-0.15, -0.1) is 0 Å². The van der Waals surface area contributed by atoms with E-state index in [0.29, 0.717) is 17.3 Å². The molecule has 32 heavy (non-hydrogen) atoms. The fraction of sp³-hybridized carbons (Fsp3) is 0.160. The molecule has 2 aromatic heterocycles. The van der Waals surface area contributed by atoms with Crippen LogP contribution in [0.25, 0.3) is 5.69 Å². The van der Waals surface area contributed by atoms with Crippen LogP contribution in [0.1, 0.15) is 17.0 Å². The van der Waals surface area contributed by atoms with Crippen molar-refractivity contribution in [1.82, 2.24) is 14.8 Å². The minimum atomic E-state index is -0.170. The lowest BCUT2D eigenvalue weighted by atomic mass is 10.1. The molecule has 0 fully saturated rings. The number of rotatable bonds is 7. The number of carbonyl (C=O) groups is 1. The van der Waals surface area contributed by atoms with Crippen LogP contribution in [0.3, 0.4) is 0 Å². The molecule has 0 radical (unpaired) electrons. The molecule has 0 unspecified atom stereocenters. The second-order valence-electron chi connectivity index (χ2n) is 7.26. The number of aromatic nitrogens is 3. The van der Waals surface area contributed by atoms with Gasteiger partial charge in [0.15, 0.2) is 0 Å². The predicted octanol–water partition coefficient (Wildman–Crippen LogP) is 4.87. The Labute approximate surface area is 186 Å². The van der Waals surface area contributed by atoms with Crippen LogP contribution in [0.5, 0.6) is 17.4 Å². The standard InChI is InChI=1S/C25H24N4O3/c1-17-22(18(2)29(28-17)19-8-5-4-6-9-19)16-24(30)27-23-10-7-15-26-25(23)32-21-13-11-20(31-3)12-14-21/h4-15H,16H2,1-3H3,(H,27,30). The van der Waals surface area contributed by atoms with E-state index >= 15 is 0 Å². The van der Waals surface area contributed by atoms with Crippen molar-refractivity contribution in [2.45, 2.75) is 20.3 Å². The first kappa shape index (κ1) is 21.1. The molecule has 0 bridgehead atoms. The lowest BCUT2D eigenvalue weighted by molar-refractivity contribution is -0.115. The van der Waals surface area contributed by atoms with E-state index in [-0.39, 0.29) is 12.3 Å². The molecule has 7 heteroatoms. The van der Waals surface area contributed by atoms with Gasteiger partial charge in [0.05, 0.1) is 24.9 Å². The van der Waals surface area contributed by atoms with Crippen LogP contribution < -0.4 is 14.8 Å². The van der Waals surface area contributed by atoms with Crippen LogP contribution >= 0.6 is 0 Å². The number of nitrogens with one attached hydrogen (secondary N) is 1. The first-order chi connectivity index (χ1) is 15.5. The van der Waals surface area contributed by atoms with E-state index in [1.807, 2.05) is 48.9 Å². The number of amides is 1. The lowest BCUT2D eigenvalue weighted by Gasteiger charge is -2.11. The highest BCUT2D eigenvalue weighted by molar-refractivity contribution is 5.93. The minimum absolute atomic E-state index is 0.170. The summed E-state index contributed by atoms with van der Waals surface area (Å²) in [6.45, 7) is 3.88. The molecule has 4 aromatic rings. The van der Waals surface area contributed by atoms with Gasteiger partial charge in [0, 0.05) is 17.5 Å². The van der Waals surface area contributed by atoms with Crippen molar-refractivity contribution in [3.05, 3.63) is 89.9 Å². The molecule has 2 aromatic carbocycles. The summed E-state index contributed by atoms with van der Waals surface area (Å²) in [6, 6.07) is 20.5. The highest BCUT2D eigenvalue weighted by atomic mass is 16.5. The Balaban J connectivity index is 1.50. The maximum Gasteiger partial charge on any atom is 0.243 e. The highest BCUT2D eigenvalue weighted by Gasteiger charge is 2.17. The van der Waals surface area contributed by atoms with Gasteiger partial charge in [0.25, 0.3) is 0 Å². The van der Waals surface area contributed by atoms with E-state index in [1.165, 1.54) is 0 Å². The number of methoxy groups -OCH3 is 1. The third-order valence-electron chi connectivity index (χ3n) is 5.10. The van der Waals surface area contributed by atoms with E-state index in [1.54, 1.807) is 49.7 Å². The Bertz CT molecular complexity index is 1220. The Morgan fingerprint density at radius 2 is 1.69 bits per heavy atom. The zero-order valence-electron chi connectivity index (χ0n) is 18.2. The normalized spacial score (nSPS) is 10.6. The number of pyridine rings is 1. The molecule has 0 aliphatic heterocycles. The highest BCUT2D eigenvalue weighted by Crippen LogP contribution is 2.28. The summed E-state index contributed by atoms with van der Waals surface area (Å²) < 4.78 is 12.9. The smallest absolute Gasteiger partial charge is 0.243 e. The fourth-order valence-electron chi connectivity index (χ4n) is 3.43. The average Bonchev–Trinajstić information content (AvgIpc) is 3.09. The summed E-state index contributed by atoms with van der Waals surface area (Å²) in [7, 11) is 1.61. The third kappa shape index (κ3) is 4.62. The van der Waals surface area contributed by atoms with Crippen molar-refractivity contribution >= 4 is 11.6 Å². The van der Waals surface area contributed by atoms with Crippen molar-refractivity contribution in [3.63, 3.8) is 0 Å². The molecule has 0 atom stereocenters. The van der Waals surface area contributed by atoms with Gasteiger partial charge >= 0.3 is 0 Å². The maximum atomic E-state index is 12.9. The van der Waals surface area contributed by atoms with Gasteiger partial charge < -0.3 is 14.8 Å². The summed E-state index contributed by atoms with van der Waals surface area (Å²) in [6.07, 6.45) is 1.81. The molecule has 0 aliphatic rings. The third-order valence-corrected chi connectivity index (χ3v) is 5.10. The number of ether oxygens (including phenoxy) is 2. The SMILES string of the molecule is COc1ccc(Oc2ncccc2NC(=O)Cc2c(C)nn(-c3ccccc3)c2C)cc1. The molecule has 7 nitrogen and oxygen atoms in total. The number of carbonyl (C=O) groups excluding carboxylic acids is 1. The molecule has 0 spiro atoms. The van der Waals surface area contributed by atoms with Gasteiger partial charge in [-0.2, -0.15) is 5.10 Å². The summed E-state index contributed by atoms with van der Waals surface area (Å²) in [5, 5.41) is 7.53. The van der Waals surface area contributed by atoms with Crippen molar-refractivity contribution < 1.29 is 14.3 Å². The second kappa shape index (κ2) is 9.34. The van der Waals surface area contributed by atoms with E-state index in [0.717, 1.165) is 28.4 Å². The Morgan fingerprint density at radius 1 is 0.969 bits per heavy atom. The van der Waals surface area contributed by atoms with Gasteiger partial charge in [0.2, 0.25) is 11.8 Å². The number of anilines is 1. The van der Waals surface area contributed by atoms with Crippen LogP contribution in [0.15, 0.2) is 72.9 Å². The van der Waals surface area contributed by atoms with E-state index in [2.05, 4.69) is 15.4 Å². The summed E-state index contributed by atoms with van der Waals surface area (Å²) in [5.74, 6) is 1.47. The predicted molar refractivity (Wildman–Crippen MR) is 123 cm³/mol. The summed E-state index contributed by atoms with van der Waals surface area (Å²) >= 11 is 0. The summed E-state index contributed by atoms with van der Waals surface area (Å²) in [5.41, 5.74) is 4.11. The molecule has 2 heterocycles. The second-order valence-corrected chi connectivity index (χ2v) is 7.26. The number of benzene rings is 2. The van der Waals surface area contributed by atoms with Crippen LogP contribution in [0.2, 0.25) is 0 Å². The van der Waals surface area contributed by atoms with Crippen molar-refractivity contribution in [1.29, 1.82) is 0 Å². The number of aryl methyl sites for hydroxylation is 1. The molecule has 162 valence electrons. The molecular formula is C25H24N4O3. The quantitative estimate of drug-likeness (QED) is 0.455. The lowest BCUT2D eigenvalue weighted by Crippen LogP contribution is -2.16. The Morgan fingerprint density at radius 3 is 2.41 bits per heavy atom. The number of hydrogen-bond acceptors (Lipinski definition) is 5. The van der Waals surface area contributed by atoms with Crippen molar-refractivity contribution in [3.8, 4) is 23.1 Å². The van der Waals surface area contributed by atoms with Crippen LogP contribution in [0.4, 0.5) is 5.69 Å². The first-order valence-electron chi connectivity index (χ1n) is 10.2. The minimum Gasteiger partial charge on any atom is -0.497 e. The molecule has 1 amide bonds. The van der Waals surface area contributed by atoms with E-state index < -0.39 is 0 Å². The monoisotopic (exact) mass is 428 g/mol. The molecule has 1 N–H and O–H groups in total. The van der Waals surface area contributed by atoms with Crippen LogP contribution in [0, 0.1) is 13.8 Å². The van der Waals surface area contributed by atoms with Crippen molar-refractivity contribution in [2.24, 2.45) is 0 Å². The molecular weight excluding hydrogens is 404 g/mol. The molecule has 0 saturated heterocycles. The fourth-order valence-corrected chi connectivity index (χ4v) is 3.43. The average molecular weight is 428 g/mol. The number of hydrogen-bond donors (Lipinski definition) is 1. The number of para-hydroxylation sites is 1. The van der Waals surface area contributed by atoms with Crippen LogP contribution in [-0.4, -0.2) is 27.8 Å². The largest absolute Gasteiger partial charge is 0.497 e.